The van der Waals surface area contributed by atoms with Crippen LogP contribution in [0.4, 0.5) is 14.5 Å². The van der Waals surface area contributed by atoms with Crippen molar-refractivity contribution in [2.45, 2.75) is 6.54 Å². The largest absolute Gasteiger partial charge is 0.494 e. The number of anilines is 1. The quantitative estimate of drug-likeness (QED) is 0.356. The van der Waals surface area contributed by atoms with Gasteiger partial charge in [-0.2, -0.15) is 9.49 Å². The van der Waals surface area contributed by atoms with E-state index in [1.54, 1.807) is 12.4 Å². The van der Waals surface area contributed by atoms with Crippen LogP contribution in [-0.4, -0.2) is 38.7 Å². The van der Waals surface area contributed by atoms with Crippen molar-refractivity contribution in [2.75, 3.05) is 12.4 Å². The Morgan fingerprint density at radius 1 is 1.14 bits per heavy atom. The van der Waals surface area contributed by atoms with E-state index in [9.17, 15) is 18.4 Å². The number of methoxy groups -OCH3 is 1. The lowest BCUT2D eigenvalue weighted by molar-refractivity contribution is 0.0950. The van der Waals surface area contributed by atoms with Crippen molar-refractivity contribution < 1.29 is 23.1 Å². The van der Waals surface area contributed by atoms with Crippen LogP contribution in [0.3, 0.4) is 0 Å². The molecule has 0 fully saturated rings. The lowest BCUT2D eigenvalue weighted by Gasteiger charge is -2.11. The minimum absolute atomic E-state index is 0.0475. The molecule has 2 heterocycles. The molecule has 0 radical (unpaired) electrons. The lowest BCUT2D eigenvalue weighted by Crippen LogP contribution is -2.23. The second-order valence-corrected chi connectivity index (χ2v) is 7.81. The van der Waals surface area contributed by atoms with Crippen LogP contribution in [0.5, 0.6) is 5.75 Å². The molecule has 9 nitrogen and oxygen atoms in total. The van der Waals surface area contributed by atoms with Crippen LogP contribution in [0.2, 0.25) is 5.02 Å². The van der Waals surface area contributed by atoms with Gasteiger partial charge in [0.15, 0.2) is 17.4 Å². The number of rotatable bonds is 7. The Labute approximate surface area is 203 Å². The summed E-state index contributed by atoms with van der Waals surface area (Å²) in [7, 11) is 2.73. The lowest BCUT2D eigenvalue weighted by atomic mass is 10.1. The number of amides is 2. The first kappa shape index (κ1) is 23.9. The minimum atomic E-state index is -1.14. The molecule has 180 valence electrons. The molecule has 4 aromatic rings. The van der Waals surface area contributed by atoms with E-state index in [0.717, 1.165) is 5.56 Å². The Kier molecular flexibility index (Phi) is 6.78. The third kappa shape index (κ3) is 4.85. The van der Waals surface area contributed by atoms with Crippen LogP contribution in [0.1, 0.15) is 26.5 Å². The molecule has 0 unspecified atom stereocenters. The summed E-state index contributed by atoms with van der Waals surface area (Å²) in [5.74, 6) is -3.54. The number of halogens is 3. The predicted molar refractivity (Wildman–Crippen MR) is 124 cm³/mol. The highest BCUT2D eigenvalue weighted by Crippen LogP contribution is 2.30. The molecule has 35 heavy (non-hydrogen) atoms. The highest BCUT2D eigenvalue weighted by Gasteiger charge is 2.21. The SMILES string of the molecule is COc1ccc(-c2cnc(C(=O)Nc3ccc(C(=O)NCc4cn[nH]c4)c(Cl)c3)n2C)c(F)c1F. The average Bonchev–Trinajstić information content (AvgIpc) is 3.49. The number of nitrogens with zero attached hydrogens (tertiary/aromatic N) is 3. The zero-order chi connectivity index (χ0) is 25.1. The fourth-order valence-electron chi connectivity index (χ4n) is 3.37. The maximum Gasteiger partial charge on any atom is 0.291 e. The van der Waals surface area contributed by atoms with E-state index >= 15 is 0 Å². The third-order valence-corrected chi connectivity index (χ3v) is 5.53. The Hall–Kier alpha value is -4.25. The maximum absolute atomic E-state index is 14.5. The predicted octanol–water partition coefficient (Wildman–Crippen LogP) is 3.93. The van der Waals surface area contributed by atoms with Crippen molar-refractivity contribution >= 4 is 29.1 Å². The molecule has 0 spiro atoms. The summed E-state index contributed by atoms with van der Waals surface area (Å²) in [6.07, 6.45) is 4.51. The van der Waals surface area contributed by atoms with Gasteiger partial charge in [0.05, 0.1) is 35.8 Å². The number of aromatic amines is 1. The van der Waals surface area contributed by atoms with Crippen molar-refractivity contribution in [3.05, 3.63) is 82.5 Å². The number of carbonyl (C=O) groups is 2. The molecule has 3 N–H and O–H groups in total. The van der Waals surface area contributed by atoms with Crippen LogP contribution in [0.15, 0.2) is 48.9 Å². The van der Waals surface area contributed by atoms with E-state index in [1.807, 2.05) is 0 Å². The molecule has 0 aliphatic rings. The number of aromatic nitrogens is 4. The van der Waals surface area contributed by atoms with Crippen LogP contribution in [0, 0.1) is 11.6 Å². The van der Waals surface area contributed by atoms with E-state index in [4.69, 9.17) is 16.3 Å². The van der Waals surface area contributed by atoms with Crippen LogP contribution < -0.4 is 15.4 Å². The smallest absolute Gasteiger partial charge is 0.291 e. The summed E-state index contributed by atoms with van der Waals surface area (Å²) in [4.78, 5) is 29.2. The monoisotopic (exact) mass is 500 g/mol. The molecule has 12 heteroatoms. The summed E-state index contributed by atoms with van der Waals surface area (Å²) >= 11 is 6.25. The molecule has 0 aliphatic heterocycles. The zero-order valence-corrected chi connectivity index (χ0v) is 19.3. The molecule has 2 aromatic heterocycles. The zero-order valence-electron chi connectivity index (χ0n) is 18.5. The molecule has 2 amide bonds. The molecule has 0 bridgehead atoms. The van der Waals surface area contributed by atoms with Gasteiger partial charge in [0.1, 0.15) is 0 Å². The maximum atomic E-state index is 14.5. The highest BCUT2D eigenvalue weighted by atomic mass is 35.5. The Morgan fingerprint density at radius 3 is 2.63 bits per heavy atom. The van der Waals surface area contributed by atoms with Gasteiger partial charge >= 0.3 is 0 Å². The van der Waals surface area contributed by atoms with Crippen molar-refractivity contribution in [1.82, 2.24) is 25.1 Å². The number of imidazole rings is 1. The summed E-state index contributed by atoms with van der Waals surface area (Å²) in [5, 5.41) is 11.9. The van der Waals surface area contributed by atoms with Crippen molar-refractivity contribution in [3.8, 4) is 17.0 Å². The number of hydrogen-bond acceptors (Lipinski definition) is 5. The number of H-pyrrole nitrogens is 1. The number of hydrogen-bond donors (Lipinski definition) is 3. The third-order valence-electron chi connectivity index (χ3n) is 5.21. The van der Waals surface area contributed by atoms with E-state index in [2.05, 4.69) is 25.8 Å². The average molecular weight is 501 g/mol. The minimum Gasteiger partial charge on any atom is -0.494 e. The van der Waals surface area contributed by atoms with Crippen LogP contribution in [-0.2, 0) is 13.6 Å². The van der Waals surface area contributed by atoms with Gasteiger partial charge in [-0.15, -0.1) is 0 Å². The second kappa shape index (κ2) is 9.94. The van der Waals surface area contributed by atoms with Gasteiger partial charge in [-0.3, -0.25) is 14.7 Å². The van der Waals surface area contributed by atoms with Gasteiger partial charge in [0, 0.05) is 36.6 Å². The van der Waals surface area contributed by atoms with E-state index in [-0.39, 0.29) is 40.0 Å². The fraction of sp³-hybridized carbons (Fsp3) is 0.130. The molecule has 0 saturated heterocycles. The molecule has 2 aromatic carbocycles. The van der Waals surface area contributed by atoms with Gasteiger partial charge in [-0.05, 0) is 30.3 Å². The normalized spacial score (nSPS) is 10.8. The van der Waals surface area contributed by atoms with Crippen molar-refractivity contribution in [2.24, 2.45) is 7.05 Å². The summed E-state index contributed by atoms with van der Waals surface area (Å²) in [6, 6.07) is 7.04. The summed E-state index contributed by atoms with van der Waals surface area (Å²) < 4.78 is 34.7. The van der Waals surface area contributed by atoms with Gasteiger partial charge < -0.3 is 19.9 Å². The first-order valence-electron chi connectivity index (χ1n) is 10.2. The molecular weight excluding hydrogens is 482 g/mol. The molecule has 0 atom stereocenters. The van der Waals surface area contributed by atoms with Crippen molar-refractivity contribution in [3.63, 3.8) is 0 Å². The second-order valence-electron chi connectivity index (χ2n) is 7.41. The van der Waals surface area contributed by atoms with Gasteiger partial charge in [-0.25, -0.2) is 9.37 Å². The Balaban J connectivity index is 1.49. The Bertz CT molecular complexity index is 1400. The number of nitrogens with one attached hydrogen (secondary N) is 3. The molecular formula is C23H19ClF2N6O3. The van der Waals surface area contributed by atoms with E-state index < -0.39 is 23.4 Å². The van der Waals surface area contributed by atoms with E-state index in [1.165, 1.54) is 55.3 Å². The number of ether oxygens (including phenoxy) is 1. The Morgan fingerprint density at radius 2 is 1.94 bits per heavy atom. The highest BCUT2D eigenvalue weighted by molar-refractivity contribution is 6.34. The number of benzene rings is 2. The van der Waals surface area contributed by atoms with Crippen molar-refractivity contribution in [1.29, 1.82) is 0 Å². The topological polar surface area (TPSA) is 114 Å². The standard InChI is InChI=1S/C23H19ClF2N6O3/c1-32-17(15-5-6-18(35-2)20(26)19(15)25)11-27-21(32)23(34)31-13-3-4-14(16(24)7-13)22(33)28-8-12-9-29-30-10-12/h3-7,9-11H,8H2,1-2H3,(H,28,33)(H,29,30)(H,31,34). The fourth-order valence-corrected chi connectivity index (χ4v) is 3.64. The van der Waals surface area contributed by atoms with E-state index in [0.29, 0.717) is 5.69 Å². The summed E-state index contributed by atoms with van der Waals surface area (Å²) in [5.41, 5.74) is 1.45. The first-order chi connectivity index (χ1) is 16.8. The van der Waals surface area contributed by atoms with Gasteiger partial charge in [0.2, 0.25) is 5.82 Å². The van der Waals surface area contributed by atoms with Crippen LogP contribution in [0.25, 0.3) is 11.3 Å². The van der Waals surface area contributed by atoms with Gasteiger partial charge in [-0.1, -0.05) is 11.6 Å². The number of carbonyl (C=O) groups excluding carboxylic acids is 2. The summed E-state index contributed by atoms with van der Waals surface area (Å²) in [6.45, 7) is 0.268. The van der Waals surface area contributed by atoms with Crippen LogP contribution >= 0.6 is 11.6 Å². The molecule has 4 rings (SSSR count). The molecule has 0 saturated carbocycles. The van der Waals surface area contributed by atoms with Gasteiger partial charge in [0.25, 0.3) is 11.8 Å². The first-order valence-corrected chi connectivity index (χ1v) is 10.6. The molecule has 0 aliphatic carbocycles.